The van der Waals surface area contributed by atoms with E-state index in [0.29, 0.717) is 81.2 Å². The Kier molecular flexibility index (Phi) is 10.2. The van der Waals surface area contributed by atoms with Gasteiger partial charge in [0.2, 0.25) is 5.91 Å². The first-order chi connectivity index (χ1) is 23.6. The molecule has 3 aliphatic heterocycles. The van der Waals surface area contributed by atoms with Crippen LogP contribution in [0.15, 0.2) is 56.9 Å². The van der Waals surface area contributed by atoms with Crippen LogP contribution in [0.5, 0.6) is 0 Å². The molecule has 2 amide bonds. The molecule has 13 heteroatoms. The normalized spacial score (nSPS) is 17.8. The Hall–Kier alpha value is -4.07. The second-order valence-corrected chi connectivity index (χ2v) is 14.7. The first kappa shape index (κ1) is 34.8. The van der Waals surface area contributed by atoms with Gasteiger partial charge in [0.05, 0.1) is 37.2 Å². The summed E-state index contributed by atoms with van der Waals surface area (Å²) in [5.74, 6) is 1.48. The van der Waals surface area contributed by atoms with E-state index in [1.54, 1.807) is 38.1 Å². The predicted molar refractivity (Wildman–Crippen MR) is 184 cm³/mol. The van der Waals surface area contributed by atoms with Gasteiger partial charge in [-0.2, -0.15) is 0 Å². The molecule has 1 N–H and O–H groups in total. The summed E-state index contributed by atoms with van der Waals surface area (Å²) in [6, 6.07) is 12.7. The molecule has 12 nitrogen and oxygen atoms in total. The van der Waals surface area contributed by atoms with Crippen LogP contribution < -0.4 is 4.72 Å². The summed E-state index contributed by atoms with van der Waals surface area (Å²) < 4.78 is 46.2. The maximum Gasteiger partial charge on any atom is 0.263 e. The van der Waals surface area contributed by atoms with Crippen molar-refractivity contribution in [1.29, 1.82) is 0 Å². The third-order valence-electron chi connectivity index (χ3n) is 9.77. The van der Waals surface area contributed by atoms with E-state index in [1.165, 1.54) is 0 Å². The number of benzene rings is 2. The lowest BCUT2D eigenvalue weighted by molar-refractivity contribution is -0.152. The van der Waals surface area contributed by atoms with Gasteiger partial charge in [0.15, 0.2) is 5.82 Å². The molecule has 0 saturated carbocycles. The maximum atomic E-state index is 14.2. The first-order valence-corrected chi connectivity index (χ1v) is 18.6. The lowest BCUT2D eigenvalue weighted by atomic mass is 9.87. The summed E-state index contributed by atoms with van der Waals surface area (Å²) in [6.07, 6.45) is 3.57. The van der Waals surface area contributed by atoms with E-state index in [0.717, 1.165) is 29.8 Å². The van der Waals surface area contributed by atoms with Crippen molar-refractivity contribution in [2.45, 2.75) is 83.4 Å². The molecule has 4 heterocycles. The maximum absolute atomic E-state index is 14.2. The van der Waals surface area contributed by atoms with Gasteiger partial charge in [0, 0.05) is 37.2 Å². The van der Waals surface area contributed by atoms with Crippen molar-refractivity contribution in [2.24, 2.45) is 10.9 Å². The molecule has 1 aromatic heterocycles. The van der Waals surface area contributed by atoms with E-state index in [9.17, 15) is 18.0 Å². The molecule has 3 aliphatic rings. The molecule has 6 rings (SSSR count). The Balaban J connectivity index is 1.27. The second-order valence-electron chi connectivity index (χ2n) is 13.1. The summed E-state index contributed by atoms with van der Waals surface area (Å²) in [4.78, 5) is 35.9. The van der Waals surface area contributed by atoms with E-state index in [1.807, 2.05) is 34.9 Å². The number of hydrogen-bond donors (Lipinski definition) is 1. The number of unbranched alkanes of at least 4 members (excludes halogenated alkanes) is 1. The fraction of sp³-hybridized carbons (Fsp3) is 0.500. The molecule has 2 fully saturated rings. The summed E-state index contributed by atoms with van der Waals surface area (Å²) in [7, 11) is -4.03. The highest BCUT2D eigenvalue weighted by Gasteiger charge is 2.50. The summed E-state index contributed by atoms with van der Waals surface area (Å²) in [5.41, 5.74) is 2.68. The molecule has 0 unspecified atom stereocenters. The number of carbonyl (C=O) groups is 2. The van der Waals surface area contributed by atoms with Crippen LogP contribution in [0.1, 0.15) is 68.4 Å². The lowest BCUT2D eigenvalue weighted by Crippen LogP contribution is -2.54. The molecule has 2 saturated heterocycles. The average molecular weight is 692 g/mol. The Morgan fingerprint density at radius 2 is 1.84 bits per heavy atom. The number of likely N-dealkylation sites (tertiary alicyclic amines) is 1. The predicted octanol–water partition coefficient (Wildman–Crippen LogP) is 5.23. The van der Waals surface area contributed by atoms with Crippen molar-refractivity contribution in [1.82, 2.24) is 15.0 Å². The Morgan fingerprint density at radius 3 is 2.49 bits per heavy atom. The number of anilines is 1. The highest BCUT2D eigenvalue weighted by atomic mass is 32.2. The van der Waals surface area contributed by atoms with Gasteiger partial charge in [-0.3, -0.25) is 24.2 Å². The van der Waals surface area contributed by atoms with E-state index in [2.05, 4.69) is 16.8 Å². The smallest absolute Gasteiger partial charge is 0.263 e. The minimum absolute atomic E-state index is 0.0194. The number of ether oxygens (including phenoxy) is 2. The number of aromatic nitrogens is 1. The molecule has 0 radical (unpaired) electrons. The number of nitrogens with zero attached hydrogens (tertiary/aromatic N) is 4. The van der Waals surface area contributed by atoms with Gasteiger partial charge < -0.3 is 18.9 Å². The van der Waals surface area contributed by atoms with Crippen LogP contribution in [0, 0.1) is 19.8 Å². The third-order valence-corrected chi connectivity index (χ3v) is 11.2. The molecule has 0 bridgehead atoms. The zero-order chi connectivity index (χ0) is 34.8. The van der Waals surface area contributed by atoms with E-state index < -0.39 is 15.6 Å². The minimum Gasteiger partial charge on any atom is -0.380 e. The molecule has 262 valence electrons. The summed E-state index contributed by atoms with van der Waals surface area (Å²) in [6.45, 7) is 10.5. The number of aliphatic imine (C=N–C) groups is 1. The number of rotatable bonds is 13. The monoisotopic (exact) mass is 691 g/mol. The van der Waals surface area contributed by atoms with Gasteiger partial charge in [0.1, 0.15) is 17.1 Å². The van der Waals surface area contributed by atoms with Crippen LogP contribution >= 0.6 is 0 Å². The summed E-state index contributed by atoms with van der Waals surface area (Å²) >= 11 is 0. The molecule has 0 atom stereocenters. The zero-order valence-corrected chi connectivity index (χ0v) is 29.5. The van der Waals surface area contributed by atoms with Crippen LogP contribution in [-0.2, 0) is 42.2 Å². The Bertz CT molecular complexity index is 1840. The average Bonchev–Trinajstić information content (AvgIpc) is 3.51. The van der Waals surface area contributed by atoms with E-state index in [-0.39, 0.29) is 35.1 Å². The topological polar surface area (TPSA) is 144 Å². The van der Waals surface area contributed by atoms with Crippen molar-refractivity contribution in [3.63, 3.8) is 0 Å². The first-order valence-electron chi connectivity index (χ1n) is 17.1. The fourth-order valence-electron chi connectivity index (χ4n) is 6.61. The van der Waals surface area contributed by atoms with Crippen molar-refractivity contribution >= 4 is 33.5 Å². The van der Waals surface area contributed by atoms with Gasteiger partial charge in [0.25, 0.3) is 15.9 Å². The fourth-order valence-corrected chi connectivity index (χ4v) is 7.89. The third kappa shape index (κ3) is 7.01. The van der Waals surface area contributed by atoms with Crippen LogP contribution in [0.25, 0.3) is 11.1 Å². The molecular formula is C36H45N5O7S. The van der Waals surface area contributed by atoms with Gasteiger partial charge >= 0.3 is 0 Å². The Morgan fingerprint density at radius 1 is 1.08 bits per heavy atom. The van der Waals surface area contributed by atoms with Gasteiger partial charge in [-0.15, -0.1) is 0 Å². The minimum atomic E-state index is -4.03. The molecule has 3 aromatic rings. The van der Waals surface area contributed by atoms with Gasteiger partial charge in [-0.25, -0.2) is 8.42 Å². The quantitative estimate of drug-likeness (QED) is 0.257. The standard InChI is InChI=1S/C36H45N5O7S/c1-5-7-12-32-37-36(15-17-40(18-16-36)34(42)28-22-47-23-28)35(43)41(32)20-26-13-14-29(27(19-26)21-46-6-2)30-10-8-9-11-31(30)49(44,45)39-33-24(3)25(4)48-38-33/h8-11,13-14,19,28H,5-7,12,15-18,20-23H2,1-4H3,(H,38,39). The van der Waals surface area contributed by atoms with Crippen molar-refractivity contribution < 1.29 is 32.0 Å². The number of nitrogens with one attached hydrogen (secondary N) is 1. The molecule has 2 aromatic carbocycles. The molecule has 0 aliphatic carbocycles. The van der Waals surface area contributed by atoms with Crippen LogP contribution in [0.4, 0.5) is 5.82 Å². The zero-order valence-electron chi connectivity index (χ0n) is 28.7. The van der Waals surface area contributed by atoms with Crippen LogP contribution in [0.3, 0.4) is 0 Å². The number of carbonyl (C=O) groups excluding carboxylic acids is 2. The highest BCUT2D eigenvalue weighted by molar-refractivity contribution is 7.92. The number of amides is 2. The second kappa shape index (κ2) is 14.4. The number of hydrogen-bond acceptors (Lipinski definition) is 9. The van der Waals surface area contributed by atoms with E-state index >= 15 is 0 Å². The van der Waals surface area contributed by atoms with Crippen molar-refractivity contribution in [3.05, 3.63) is 64.9 Å². The number of sulfonamides is 1. The van der Waals surface area contributed by atoms with Crippen LogP contribution in [0.2, 0.25) is 0 Å². The SMILES string of the molecule is CCCCC1=NC2(CCN(C(=O)C3COC3)CC2)C(=O)N1Cc1ccc(-c2ccccc2S(=O)(=O)Nc2noc(C)c2C)c(COCC)c1. The summed E-state index contributed by atoms with van der Waals surface area (Å²) in [5, 5.41) is 3.88. The van der Waals surface area contributed by atoms with Crippen molar-refractivity contribution in [2.75, 3.05) is 37.6 Å². The van der Waals surface area contributed by atoms with E-state index in [4.69, 9.17) is 19.0 Å². The number of piperidine rings is 1. The molecule has 1 spiro atoms. The van der Waals surface area contributed by atoms with Gasteiger partial charge in [-0.05, 0) is 62.8 Å². The van der Waals surface area contributed by atoms with Crippen molar-refractivity contribution in [3.8, 4) is 11.1 Å². The largest absolute Gasteiger partial charge is 0.380 e. The number of aryl methyl sites for hydroxylation is 1. The van der Waals surface area contributed by atoms with Crippen LogP contribution in [-0.4, -0.2) is 79.5 Å². The molecular weight excluding hydrogens is 646 g/mol. The lowest BCUT2D eigenvalue weighted by Gasteiger charge is -2.39. The highest BCUT2D eigenvalue weighted by Crippen LogP contribution is 2.37. The Labute approximate surface area is 287 Å². The van der Waals surface area contributed by atoms with Gasteiger partial charge in [-0.1, -0.05) is 54.9 Å². The number of amidine groups is 1. The molecule has 49 heavy (non-hydrogen) atoms.